The molecule has 1 fully saturated rings. The smallest absolute Gasteiger partial charge is 0.0897 e. The van der Waals surface area contributed by atoms with Crippen molar-refractivity contribution in [3.8, 4) is 0 Å². The summed E-state index contributed by atoms with van der Waals surface area (Å²) in [7, 11) is 0. The molecule has 0 bridgehead atoms. The lowest BCUT2D eigenvalue weighted by Gasteiger charge is -2.29. The molecule has 1 saturated carbocycles. The van der Waals surface area contributed by atoms with E-state index in [0.717, 1.165) is 0 Å². The average molecular weight is 195 g/mol. The quantitative estimate of drug-likeness (QED) is 0.668. The molecule has 1 nitrogen and oxygen atoms in total. The highest BCUT2D eigenvalue weighted by Crippen LogP contribution is 2.59. The summed E-state index contributed by atoms with van der Waals surface area (Å²) < 4.78 is 0. The number of rotatable bonds is 1. The Kier molecular flexibility index (Phi) is 1.82. The number of nitrogens with zero attached hydrogens (tertiary/aromatic N) is 1. The van der Waals surface area contributed by atoms with E-state index in [1.807, 2.05) is 0 Å². The first-order valence-corrected chi connectivity index (χ1v) is 5.76. The highest BCUT2D eigenvalue weighted by Gasteiger charge is 2.54. The van der Waals surface area contributed by atoms with Crippen LogP contribution in [0.4, 0.5) is 0 Å². The van der Waals surface area contributed by atoms with E-state index in [2.05, 4.69) is 38.1 Å². The second kappa shape index (κ2) is 2.57. The number of aromatic nitrogens is 1. The predicted octanol–water partition coefficient (Wildman–Crippen LogP) is 3.53. The van der Waals surface area contributed by atoms with E-state index >= 15 is 0 Å². The van der Waals surface area contributed by atoms with Gasteiger partial charge in [-0.1, -0.05) is 20.8 Å². The molecule has 2 rings (SSSR count). The van der Waals surface area contributed by atoms with Gasteiger partial charge in [-0.3, -0.25) is 0 Å². The lowest BCUT2D eigenvalue weighted by Crippen LogP contribution is -2.26. The third-order valence-electron chi connectivity index (χ3n) is 3.29. The third-order valence-corrected chi connectivity index (χ3v) is 4.07. The second-order valence-electron chi connectivity index (χ2n) is 5.08. The molecule has 2 heteroatoms. The summed E-state index contributed by atoms with van der Waals surface area (Å²) in [5, 5.41) is 3.44. The van der Waals surface area contributed by atoms with Crippen molar-refractivity contribution in [3.05, 3.63) is 16.1 Å². The first-order chi connectivity index (χ1) is 5.96. The molecule has 0 aliphatic heterocycles. The summed E-state index contributed by atoms with van der Waals surface area (Å²) >= 11 is 1.78. The fourth-order valence-electron chi connectivity index (χ4n) is 2.10. The first kappa shape index (κ1) is 9.20. The molecular weight excluding hydrogens is 178 g/mol. The van der Waals surface area contributed by atoms with E-state index in [1.54, 1.807) is 11.3 Å². The molecular formula is C11H17NS. The molecule has 1 heterocycles. The van der Waals surface area contributed by atoms with Gasteiger partial charge in [0.25, 0.3) is 0 Å². The van der Waals surface area contributed by atoms with Crippen LogP contribution in [0.2, 0.25) is 0 Å². The fraction of sp³-hybridized carbons (Fsp3) is 0.727. The summed E-state index contributed by atoms with van der Waals surface area (Å²) in [4.78, 5) is 4.63. The molecule has 0 amide bonds. The van der Waals surface area contributed by atoms with Gasteiger partial charge in [-0.2, -0.15) is 0 Å². The van der Waals surface area contributed by atoms with Gasteiger partial charge in [0, 0.05) is 10.8 Å². The molecule has 0 N–H and O–H groups in total. The normalized spacial score (nSPS) is 20.3. The molecule has 0 aromatic carbocycles. The number of hydrogen-bond donors (Lipinski definition) is 0. The maximum atomic E-state index is 4.63. The van der Waals surface area contributed by atoms with Crippen molar-refractivity contribution in [3.63, 3.8) is 0 Å². The average Bonchev–Trinajstić information content (AvgIpc) is 2.70. The summed E-state index contributed by atoms with van der Waals surface area (Å²) in [6, 6.07) is 0. The Morgan fingerprint density at radius 1 is 1.38 bits per heavy atom. The van der Waals surface area contributed by atoms with E-state index in [4.69, 9.17) is 0 Å². The minimum absolute atomic E-state index is 0.369. The topological polar surface area (TPSA) is 12.9 Å². The zero-order chi connectivity index (χ0) is 9.69. The zero-order valence-electron chi connectivity index (χ0n) is 8.85. The Bertz CT molecular complexity index is 315. The molecule has 1 aliphatic rings. The van der Waals surface area contributed by atoms with Crippen LogP contribution in [0.15, 0.2) is 5.38 Å². The van der Waals surface area contributed by atoms with Crippen molar-refractivity contribution in [1.82, 2.24) is 4.98 Å². The standard InChI is InChI=1S/C11H17NS/c1-8-12-9(7-13-8)11(5-6-11)10(2,3)4/h7H,5-6H2,1-4H3. The Balaban J connectivity index is 2.36. The second-order valence-corrected chi connectivity index (χ2v) is 6.15. The van der Waals surface area contributed by atoms with Crippen molar-refractivity contribution >= 4 is 11.3 Å². The van der Waals surface area contributed by atoms with Crippen molar-refractivity contribution in [2.24, 2.45) is 5.41 Å². The maximum Gasteiger partial charge on any atom is 0.0897 e. The van der Waals surface area contributed by atoms with E-state index < -0.39 is 0 Å². The van der Waals surface area contributed by atoms with Crippen LogP contribution >= 0.6 is 11.3 Å². The van der Waals surface area contributed by atoms with Crippen LogP contribution in [0.1, 0.15) is 44.3 Å². The molecule has 0 atom stereocenters. The fourth-order valence-corrected chi connectivity index (χ4v) is 2.81. The van der Waals surface area contributed by atoms with Crippen LogP contribution in [0.3, 0.4) is 0 Å². The highest BCUT2D eigenvalue weighted by atomic mass is 32.1. The molecule has 0 saturated heterocycles. The molecule has 13 heavy (non-hydrogen) atoms. The van der Waals surface area contributed by atoms with Crippen LogP contribution < -0.4 is 0 Å². The van der Waals surface area contributed by atoms with Gasteiger partial charge < -0.3 is 0 Å². The number of hydrogen-bond acceptors (Lipinski definition) is 2. The highest BCUT2D eigenvalue weighted by molar-refractivity contribution is 7.09. The van der Waals surface area contributed by atoms with Crippen molar-refractivity contribution in [2.75, 3.05) is 0 Å². The van der Waals surface area contributed by atoms with Gasteiger partial charge >= 0.3 is 0 Å². The van der Waals surface area contributed by atoms with Crippen molar-refractivity contribution < 1.29 is 0 Å². The van der Waals surface area contributed by atoms with Gasteiger partial charge in [-0.05, 0) is 25.2 Å². The predicted molar refractivity (Wildman–Crippen MR) is 57.2 cm³/mol. The number of aryl methyl sites for hydroxylation is 1. The van der Waals surface area contributed by atoms with Crippen molar-refractivity contribution in [1.29, 1.82) is 0 Å². The van der Waals surface area contributed by atoms with Gasteiger partial charge in [-0.15, -0.1) is 11.3 Å². The van der Waals surface area contributed by atoms with Gasteiger partial charge in [0.15, 0.2) is 0 Å². The lowest BCUT2D eigenvalue weighted by atomic mass is 9.76. The van der Waals surface area contributed by atoms with Crippen LogP contribution in [-0.4, -0.2) is 4.98 Å². The molecule has 0 unspecified atom stereocenters. The van der Waals surface area contributed by atoms with E-state index in [0.29, 0.717) is 10.8 Å². The van der Waals surface area contributed by atoms with Crippen LogP contribution in [0, 0.1) is 12.3 Å². The van der Waals surface area contributed by atoms with Gasteiger partial charge in [0.2, 0.25) is 0 Å². The summed E-state index contributed by atoms with van der Waals surface area (Å²) in [5.74, 6) is 0. The van der Waals surface area contributed by atoms with Gasteiger partial charge in [0.1, 0.15) is 0 Å². The maximum absolute atomic E-state index is 4.63. The van der Waals surface area contributed by atoms with E-state index in [1.165, 1.54) is 23.5 Å². The Labute approximate surface area is 84.2 Å². The molecule has 1 aromatic rings. The van der Waals surface area contributed by atoms with Crippen LogP contribution in [-0.2, 0) is 5.41 Å². The Hall–Kier alpha value is -0.370. The summed E-state index contributed by atoms with van der Waals surface area (Å²) in [6.07, 6.45) is 2.64. The van der Waals surface area contributed by atoms with Crippen LogP contribution in [0.5, 0.6) is 0 Å². The monoisotopic (exact) mass is 195 g/mol. The summed E-state index contributed by atoms with van der Waals surface area (Å²) in [6.45, 7) is 9.07. The third kappa shape index (κ3) is 1.32. The molecule has 0 radical (unpaired) electrons. The first-order valence-electron chi connectivity index (χ1n) is 4.88. The molecule has 0 spiro atoms. The van der Waals surface area contributed by atoms with Gasteiger partial charge in [0.05, 0.1) is 10.7 Å². The van der Waals surface area contributed by atoms with E-state index in [-0.39, 0.29) is 0 Å². The number of thiazole rings is 1. The Morgan fingerprint density at radius 2 is 2.00 bits per heavy atom. The van der Waals surface area contributed by atoms with E-state index in [9.17, 15) is 0 Å². The SMILES string of the molecule is Cc1nc(C2(C(C)(C)C)CC2)cs1. The molecule has 1 aliphatic carbocycles. The van der Waals surface area contributed by atoms with Crippen molar-refractivity contribution in [2.45, 2.75) is 46.0 Å². The lowest BCUT2D eigenvalue weighted by molar-refractivity contribution is 0.294. The summed E-state index contributed by atoms with van der Waals surface area (Å²) in [5.41, 5.74) is 2.10. The van der Waals surface area contributed by atoms with Crippen LogP contribution in [0.25, 0.3) is 0 Å². The minimum Gasteiger partial charge on any atom is -0.246 e. The van der Waals surface area contributed by atoms with Gasteiger partial charge in [-0.25, -0.2) is 4.98 Å². The Morgan fingerprint density at radius 3 is 2.31 bits per heavy atom. The molecule has 72 valence electrons. The molecule has 1 aromatic heterocycles. The zero-order valence-corrected chi connectivity index (χ0v) is 9.66. The largest absolute Gasteiger partial charge is 0.246 e. The minimum atomic E-state index is 0.369.